The second kappa shape index (κ2) is 6.90. The van der Waals surface area contributed by atoms with Crippen LogP contribution in [0.4, 0.5) is 10.1 Å². The standard InChI is InChI=1S/C18H22FN3/c19-16-6-4-5-15(13-16)18(20)14-21-9-11-22(12-10-21)17-7-2-1-3-8-17/h1-8,13,18H,9-12,14,20H2. The van der Waals surface area contributed by atoms with Gasteiger partial charge in [0.1, 0.15) is 5.82 Å². The maximum atomic E-state index is 13.3. The molecule has 2 aromatic carbocycles. The maximum absolute atomic E-state index is 13.3. The van der Waals surface area contributed by atoms with Crippen molar-refractivity contribution in [3.8, 4) is 0 Å². The van der Waals surface area contributed by atoms with Crippen LogP contribution in [0.15, 0.2) is 54.6 Å². The fraction of sp³-hybridized carbons (Fsp3) is 0.333. The first kappa shape index (κ1) is 15.0. The van der Waals surface area contributed by atoms with Crippen LogP contribution >= 0.6 is 0 Å². The van der Waals surface area contributed by atoms with Crippen LogP contribution in [0.1, 0.15) is 11.6 Å². The van der Waals surface area contributed by atoms with Gasteiger partial charge in [-0.25, -0.2) is 4.39 Å². The van der Waals surface area contributed by atoms with Gasteiger partial charge in [0, 0.05) is 44.5 Å². The lowest BCUT2D eigenvalue weighted by atomic mass is 10.1. The minimum Gasteiger partial charge on any atom is -0.369 e. The first-order chi connectivity index (χ1) is 10.7. The molecule has 1 aliphatic heterocycles. The molecule has 1 heterocycles. The number of hydrogen-bond donors (Lipinski definition) is 1. The van der Waals surface area contributed by atoms with Gasteiger partial charge in [-0.15, -0.1) is 0 Å². The van der Waals surface area contributed by atoms with Crippen LogP contribution < -0.4 is 10.6 Å². The summed E-state index contributed by atoms with van der Waals surface area (Å²) in [5.74, 6) is -0.221. The fourth-order valence-electron chi connectivity index (χ4n) is 2.95. The molecule has 1 atom stereocenters. The summed E-state index contributed by atoms with van der Waals surface area (Å²) < 4.78 is 13.3. The highest BCUT2D eigenvalue weighted by Gasteiger charge is 2.19. The molecule has 2 aromatic rings. The normalized spacial score (nSPS) is 17.5. The number of hydrogen-bond acceptors (Lipinski definition) is 3. The Balaban J connectivity index is 1.54. The molecule has 0 radical (unpaired) electrons. The molecule has 0 spiro atoms. The molecule has 1 aliphatic rings. The molecule has 0 bridgehead atoms. The number of nitrogens with two attached hydrogens (primary N) is 1. The number of halogens is 1. The average Bonchev–Trinajstić information content (AvgIpc) is 2.56. The van der Waals surface area contributed by atoms with E-state index in [1.54, 1.807) is 6.07 Å². The van der Waals surface area contributed by atoms with Gasteiger partial charge in [-0.3, -0.25) is 4.90 Å². The Labute approximate surface area is 131 Å². The largest absolute Gasteiger partial charge is 0.369 e. The fourth-order valence-corrected chi connectivity index (χ4v) is 2.95. The predicted octanol–water partition coefficient (Wildman–Crippen LogP) is 2.65. The third-order valence-electron chi connectivity index (χ3n) is 4.23. The smallest absolute Gasteiger partial charge is 0.123 e. The van der Waals surface area contributed by atoms with Gasteiger partial charge >= 0.3 is 0 Å². The van der Waals surface area contributed by atoms with Crippen molar-refractivity contribution in [2.24, 2.45) is 5.73 Å². The zero-order chi connectivity index (χ0) is 15.4. The van der Waals surface area contributed by atoms with E-state index in [0.29, 0.717) is 0 Å². The van der Waals surface area contributed by atoms with E-state index in [1.807, 2.05) is 12.1 Å². The summed E-state index contributed by atoms with van der Waals surface area (Å²) in [5, 5.41) is 0. The molecule has 2 N–H and O–H groups in total. The maximum Gasteiger partial charge on any atom is 0.123 e. The first-order valence-electron chi connectivity index (χ1n) is 7.76. The van der Waals surface area contributed by atoms with Gasteiger partial charge < -0.3 is 10.6 Å². The molecule has 1 fully saturated rings. The van der Waals surface area contributed by atoms with E-state index in [4.69, 9.17) is 5.73 Å². The molecule has 3 rings (SSSR count). The molecular weight excluding hydrogens is 277 g/mol. The number of piperazine rings is 1. The molecule has 3 nitrogen and oxygen atoms in total. The molecule has 0 amide bonds. The molecule has 0 saturated carbocycles. The minimum atomic E-state index is -0.221. The van der Waals surface area contributed by atoms with Crippen LogP contribution in [0.2, 0.25) is 0 Å². The highest BCUT2D eigenvalue weighted by atomic mass is 19.1. The summed E-state index contributed by atoms with van der Waals surface area (Å²) in [5.41, 5.74) is 8.36. The zero-order valence-corrected chi connectivity index (χ0v) is 12.7. The Bertz CT molecular complexity index is 594. The molecule has 116 valence electrons. The molecule has 4 heteroatoms. The Hall–Kier alpha value is -1.91. The SMILES string of the molecule is NC(CN1CCN(c2ccccc2)CC1)c1cccc(F)c1. The van der Waals surface area contributed by atoms with Gasteiger partial charge in [-0.1, -0.05) is 30.3 Å². The Morgan fingerprint density at radius 2 is 1.68 bits per heavy atom. The molecule has 0 aromatic heterocycles. The van der Waals surface area contributed by atoms with Crippen molar-refractivity contribution in [1.82, 2.24) is 4.90 Å². The van der Waals surface area contributed by atoms with Crippen molar-refractivity contribution in [2.45, 2.75) is 6.04 Å². The Morgan fingerprint density at radius 3 is 2.36 bits per heavy atom. The van der Waals surface area contributed by atoms with E-state index in [-0.39, 0.29) is 11.9 Å². The third-order valence-corrected chi connectivity index (χ3v) is 4.23. The molecular formula is C18H22FN3. The van der Waals surface area contributed by atoms with Crippen LogP contribution in [0.5, 0.6) is 0 Å². The quantitative estimate of drug-likeness (QED) is 0.942. The van der Waals surface area contributed by atoms with Gasteiger partial charge in [0.15, 0.2) is 0 Å². The summed E-state index contributed by atoms with van der Waals surface area (Å²) in [6.07, 6.45) is 0. The second-order valence-corrected chi connectivity index (χ2v) is 5.78. The first-order valence-corrected chi connectivity index (χ1v) is 7.76. The number of para-hydroxylation sites is 1. The predicted molar refractivity (Wildman–Crippen MR) is 88.4 cm³/mol. The van der Waals surface area contributed by atoms with Gasteiger partial charge in [-0.2, -0.15) is 0 Å². The van der Waals surface area contributed by atoms with E-state index < -0.39 is 0 Å². The van der Waals surface area contributed by atoms with Crippen molar-refractivity contribution >= 4 is 5.69 Å². The van der Waals surface area contributed by atoms with E-state index >= 15 is 0 Å². The highest BCUT2D eigenvalue weighted by molar-refractivity contribution is 5.46. The summed E-state index contributed by atoms with van der Waals surface area (Å²) in [6.45, 7) is 4.74. The topological polar surface area (TPSA) is 32.5 Å². The molecule has 0 aliphatic carbocycles. The lowest BCUT2D eigenvalue weighted by Gasteiger charge is -2.37. The average molecular weight is 299 g/mol. The van der Waals surface area contributed by atoms with Crippen molar-refractivity contribution in [3.05, 3.63) is 66.0 Å². The lowest BCUT2D eigenvalue weighted by molar-refractivity contribution is 0.243. The van der Waals surface area contributed by atoms with Crippen LogP contribution in [-0.4, -0.2) is 37.6 Å². The van der Waals surface area contributed by atoms with Crippen LogP contribution in [0.3, 0.4) is 0 Å². The summed E-state index contributed by atoms with van der Waals surface area (Å²) in [6, 6.07) is 16.9. The lowest BCUT2D eigenvalue weighted by Crippen LogP contribution is -2.48. The highest BCUT2D eigenvalue weighted by Crippen LogP contribution is 2.18. The summed E-state index contributed by atoms with van der Waals surface area (Å²) in [4.78, 5) is 4.75. The second-order valence-electron chi connectivity index (χ2n) is 5.78. The number of anilines is 1. The molecule has 1 unspecified atom stereocenters. The monoisotopic (exact) mass is 299 g/mol. The Kier molecular flexibility index (Phi) is 4.71. The van der Waals surface area contributed by atoms with Crippen LogP contribution in [-0.2, 0) is 0 Å². The van der Waals surface area contributed by atoms with Gasteiger partial charge in [0.25, 0.3) is 0 Å². The minimum absolute atomic E-state index is 0.140. The summed E-state index contributed by atoms with van der Waals surface area (Å²) in [7, 11) is 0. The number of benzene rings is 2. The third kappa shape index (κ3) is 3.64. The zero-order valence-electron chi connectivity index (χ0n) is 12.7. The number of rotatable bonds is 4. The molecule has 22 heavy (non-hydrogen) atoms. The van der Waals surface area contributed by atoms with E-state index in [2.05, 4.69) is 34.1 Å². The Morgan fingerprint density at radius 1 is 0.955 bits per heavy atom. The summed E-state index contributed by atoms with van der Waals surface area (Å²) >= 11 is 0. The van der Waals surface area contributed by atoms with Crippen molar-refractivity contribution in [2.75, 3.05) is 37.6 Å². The van der Waals surface area contributed by atoms with Gasteiger partial charge in [0.2, 0.25) is 0 Å². The van der Waals surface area contributed by atoms with Crippen molar-refractivity contribution in [3.63, 3.8) is 0 Å². The van der Waals surface area contributed by atoms with Crippen LogP contribution in [0, 0.1) is 5.82 Å². The van der Waals surface area contributed by atoms with Gasteiger partial charge in [0.05, 0.1) is 0 Å². The van der Waals surface area contributed by atoms with Crippen LogP contribution in [0.25, 0.3) is 0 Å². The van der Waals surface area contributed by atoms with E-state index in [9.17, 15) is 4.39 Å². The van der Waals surface area contributed by atoms with E-state index in [1.165, 1.54) is 17.8 Å². The van der Waals surface area contributed by atoms with Gasteiger partial charge in [-0.05, 0) is 29.8 Å². The number of nitrogens with zero attached hydrogens (tertiary/aromatic N) is 2. The van der Waals surface area contributed by atoms with Crippen molar-refractivity contribution < 1.29 is 4.39 Å². The molecule has 1 saturated heterocycles. The van der Waals surface area contributed by atoms with Crippen molar-refractivity contribution in [1.29, 1.82) is 0 Å². The van der Waals surface area contributed by atoms with E-state index in [0.717, 1.165) is 38.3 Å².